The number of carbonyl (C=O) groups excluding carboxylic acids is 2. The summed E-state index contributed by atoms with van der Waals surface area (Å²) >= 11 is 6.01. The third-order valence-electron chi connectivity index (χ3n) is 12.5. The Bertz CT molecular complexity index is 1010. The molecule has 216 valence electrons. The Morgan fingerprint density at radius 2 is 1.64 bits per heavy atom. The standard InChI is InChI=1S/C33H51N3O2S/c1-32-19-10-15-26(32)24-16-17-28-33(2,27(24)18-20-32)21-25(29(37)35(28)3)30(38)36(23-13-8-5-9-14-23)31(39)34-22-11-6-4-7-12-22/h17,22-27H,4-16,18-21H2,1-3H3,(H,34,39)/t24-,25?,26-,27+,32-,33+/m0/s1. The van der Waals surface area contributed by atoms with Crippen molar-refractivity contribution in [3.8, 4) is 0 Å². The molecular formula is C33H51N3O2S. The van der Waals surface area contributed by atoms with Crippen molar-refractivity contribution < 1.29 is 9.59 Å². The second-order valence-electron chi connectivity index (χ2n) is 14.6. The van der Waals surface area contributed by atoms with Crippen LogP contribution in [0.4, 0.5) is 0 Å². The maximum atomic E-state index is 14.6. The predicted octanol–water partition coefficient (Wildman–Crippen LogP) is 6.96. The number of allylic oxidation sites excluding steroid dienone is 2. The van der Waals surface area contributed by atoms with Crippen LogP contribution < -0.4 is 5.32 Å². The van der Waals surface area contributed by atoms with Crippen LogP contribution >= 0.6 is 12.2 Å². The van der Waals surface area contributed by atoms with Crippen LogP contribution in [0.25, 0.3) is 0 Å². The summed E-state index contributed by atoms with van der Waals surface area (Å²) in [6.07, 6.45) is 22.2. The van der Waals surface area contributed by atoms with Crippen molar-refractivity contribution in [1.82, 2.24) is 15.1 Å². The monoisotopic (exact) mass is 553 g/mol. The van der Waals surface area contributed by atoms with Gasteiger partial charge in [0.25, 0.3) is 0 Å². The van der Waals surface area contributed by atoms with Crippen molar-refractivity contribution in [2.45, 2.75) is 135 Å². The van der Waals surface area contributed by atoms with E-state index in [2.05, 4.69) is 25.2 Å². The molecule has 2 amide bonds. The molecule has 6 atom stereocenters. The smallest absolute Gasteiger partial charge is 0.241 e. The average Bonchev–Trinajstić information content (AvgIpc) is 3.34. The fraction of sp³-hybridized carbons (Fsp3) is 0.848. The maximum Gasteiger partial charge on any atom is 0.241 e. The van der Waals surface area contributed by atoms with Gasteiger partial charge in [0.05, 0.1) is 0 Å². The predicted molar refractivity (Wildman–Crippen MR) is 160 cm³/mol. The molecule has 0 aromatic heterocycles. The fourth-order valence-electron chi connectivity index (χ4n) is 10.3. The SMILES string of the molecule is CN1C(=O)C(C(=O)N(C(=S)NC2CCCCC2)C2CCCCC2)C[C@@]2(C)C1=CC[C@@H]1[C@H]2CC[C@]2(C)CCC[C@@H]12. The molecule has 1 unspecified atom stereocenters. The van der Waals surface area contributed by atoms with Gasteiger partial charge in [0, 0.05) is 30.2 Å². The highest BCUT2D eigenvalue weighted by Crippen LogP contribution is 2.65. The number of hydrogen-bond acceptors (Lipinski definition) is 3. The molecule has 0 aromatic rings. The zero-order valence-corrected chi connectivity index (χ0v) is 25.5. The van der Waals surface area contributed by atoms with Crippen molar-refractivity contribution in [3.05, 3.63) is 11.8 Å². The topological polar surface area (TPSA) is 52.7 Å². The van der Waals surface area contributed by atoms with E-state index in [0.717, 1.165) is 50.9 Å². The van der Waals surface area contributed by atoms with E-state index in [0.29, 0.717) is 34.8 Å². The van der Waals surface area contributed by atoms with Gasteiger partial charge < -0.3 is 10.2 Å². The summed E-state index contributed by atoms with van der Waals surface area (Å²) in [5.74, 6) is 1.33. The number of carbonyl (C=O) groups is 2. The maximum absolute atomic E-state index is 14.6. The van der Waals surface area contributed by atoms with Gasteiger partial charge in [-0.1, -0.05) is 64.9 Å². The van der Waals surface area contributed by atoms with Gasteiger partial charge in [0.1, 0.15) is 5.92 Å². The van der Waals surface area contributed by atoms with E-state index in [1.807, 2.05) is 16.8 Å². The quantitative estimate of drug-likeness (QED) is 0.303. The zero-order valence-electron chi connectivity index (χ0n) is 24.7. The Kier molecular flexibility index (Phi) is 7.65. The lowest BCUT2D eigenvalue weighted by Crippen LogP contribution is -2.60. The summed E-state index contributed by atoms with van der Waals surface area (Å²) in [4.78, 5) is 32.3. The Morgan fingerprint density at radius 1 is 0.949 bits per heavy atom. The van der Waals surface area contributed by atoms with Gasteiger partial charge in [-0.3, -0.25) is 14.5 Å². The second kappa shape index (κ2) is 10.8. The molecule has 0 radical (unpaired) electrons. The lowest BCUT2D eigenvalue weighted by atomic mass is 9.49. The number of amides is 2. The highest BCUT2D eigenvalue weighted by atomic mass is 32.1. The number of rotatable bonds is 3. The molecule has 5 aliphatic carbocycles. The van der Waals surface area contributed by atoms with Crippen molar-refractivity contribution in [1.29, 1.82) is 0 Å². The van der Waals surface area contributed by atoms with E-state index in [4.69, 9.17) is 12.2 Å². The van der Waals surface area contributed by atoms with Gasteiger partial charge in [0.2, 0.25) is 11.8 Å². The summed E-state index contributed by atoms with van der Waals surface area (Å²) < 4.78 is 0. The molecule has 39 heavy (non-hydrogen) atoms. The molecule has 4 saturated carbocycles. The number of hydrogen-bond donors (Lipinski definition) is 1. The second-order valence-corrected chi connectivity index (χ2v) is 15.0. The molecule has 6 rings (SSSR count). The zero-order chi connectivity index (χ0) is 27.4. The van der Waals surface area contributed by atoms with Crippen LogP contribution in [0.15, 0.2) is 11.8 Å². The number of likely N-dealkylation sites (tertiary alicyclic amines) is 1. The summed E-state index contributed by atoms with van der Waals surface area (Å²) in [5, 5.41) is 4.19. The van der Waals surface area contributed by atoms with Crippen LogP contribution in [0.1, 0.15) is 123 Å². The van der Waals surface area contributed by atoms with Gasteiger partial charge in [-0.15, -0.1) is 0 Å². The van der Waals surface area contributed by atoms with Crippen LogP contribution in [-0.2, 0) is 9.59 Å². The average molecular weight is 554 g/mol. The Morgan fingerprint density at radius 3 is 2.36 bits per heavy atom. The van der Waals surface area contributed by atoms with E-state index in [-0.39, 0.29) is 23.3 Å². The minimum Gasteiger partial charge on any atom is -0.359 e. The number of nitrogens with zero attached hydrogens (tertiary/aromatic N) is 2. The molecule has 1 N–H and O–H groups in total. The minimum atomic E-state index is -0.638. The summed E-state index contributed by atoms with van der Waals surface area (Å²) in [6, 6.07) is 0.467. The first-order chi connectivity index (χ1) is 18.7. The molecular weight excluding hydrogens is 502 g/mol. The van der Waals surface area contributed by atoms with E-state index in [1.165, 1.54) is 63.5 Å². The lowest BCUT2D eigenvalue weighted by Gasteiger charge is -2.58. The van der Waals surface area contributed by atoms with Crippen LogP contribution in [0.3, 0.4) is 0 Å². The molecule has 0 aromatic carbocycles. The fourth-order valence-corrected chi connectivity index (χ4v) is 10.8. The third-order valence-corrected chi connectivity index (χ3v) is 12.8. The van der Waals surface area contributed by atoms with Gasteiger partial charge in [-0.05, 0) is 99.6 Å². The molecule has 5 nitrogen and oxygen atoms in total. The number of nitrogens with one attached hydrogen (secondary N) is 1. The summed E-state index contributed by atoms with van der Waals surface area (Å²) in [6.45, 7) is 4.92. The molecule has 5 fully saturated rings. The van der Waals surface area contributed by atoms with E-state index in [1.54, 1.807) is 0 Å². The van der Waals surface area contributed by atoms with Crippen LogP contribution in [0, 0.1) is 34.5 Å². The summed E-state index contributed by atoms with van der Waals surface area (Å²) in [7, 11) is 1.93. The van der Waals surface area contributed by atoms with Gasteiger partial charge in [0.15, 0.2) is 5.11 Å². The van der Waals surface area contributed by atoms with E-state index < -0.39 is 5.92 Å². The van der Waals surface area contributed by atoms with Crippen LogP contribution in [0.5, 0.6) is 0 Å². The number of piperidine rings is 1. The Labute approximate surface area is 241 Å². The molecule has 6 aliphatic rings. The van der Waals surface area contributed by atoms with Crippen LogP contribution in [0.2, 0.25) is 0 Å². The Hall–Kier alpha value is -1.43. The number of fused-ring (bicyclic) bond motifs is 5. The van der Waals surface area contributed by atoms with E-state index in [9.17, 15) is 9.59 Å². The van der Waals surface area contributed by atoms with Crippen LogP contribution in [-0.4, -0.2) is 45.9 Å². The normalized spacial score (nSPS) is 39.3. The minimum absolute atomic E-state index is 0.0232. The highest BCUT2D eigenvalue weighted by Gasteiger charge is 2.59. The van der Waals surface area contributed by atoms with Gasteiger partial charge in [-0.25, -0.2) is 0 Å². The molecule has 6 heteroatoms. The van der Waals surface area contributed by atoms with Gasteiger partial charge in [-0.2, -0.15) is 0 Å². The van der Waals surface area contributed by atoms with E-state index >= 15 is 0 Å². The largest absolute Gasteiger partial charge is 0.359 e. The first kappa shape index (κ1) is 27.7. The van der Waals surface area contributed by atoms with Crippen molar-refractivity contribution in [3.63, 3.8) is 0 Å². The van der Waals surface area contributed by atoms with Crippen molar-refractivity contribution >= 4 is 29.1 Å². The lowest BCUT2D eigenvalue weighted by molar-refractivity contribution is -0.153. The molecule has 0 bridgehead atoms. The first-order valence-corrected chi connectivity index (χ1v) is 16.8. The molecule has 1 aliphatic heterocycles. The molecule has 1 heterocycles. The van der Waals surface area contributed by atoms with Crippen molar-refractivity contribution in [2.24, 2.45) is 34.5 Å². The van der Waals surface area contributed by atoms with Gasteiger partial charge >= 0.3 is 0 Å². The third kappa shape index (κ3) is 4.78. The summed E-state index contributed by atoms with van der Waals surface area (Å²) in [5.41, 5.74) is 1.54. The Balaban J connectivity index is 1.28. The molecule has 0 spiro atoms. The van der Waals surface area contributed by atoms with Crippen molar-refractivity contribution in [2.75, 3.05) is 7.05 Å². The number of thiocarbonyl (C=S) groups is 1. The highest BCUT2D eigenvalue weighted by molar-refractivity contribution is 7.80. The first-order valence-electron chi connectivity index (χ1n) is 16.3. The molecule has 1 saturated heterocycles.